The lowest BCUT2D eigenvalue weighted by Gasteiger charge is -2.50. The number of rotatable bonds is 5. The second kappa shape index (κ2) is 8.49. The largest absolute Gasteiger partial charge is 0.394 e. The van der Waals surface area contributed by atoms with Crippen LogP contribution < -0.4 is 0 Å². The van der Waals surface area contributed by atoms with Crippen molar-refractivity contribution in [1.29, 1.82) is 0 Å². The van der Waals surface area contributed by atoms with E-state index in [1.54, 1.807) is 0 Å². The first-order valence-electron chi connectivity index (χ1n) is 11.5. The van der Waals surface area contributed by atoms with E-state index in [0.29, 0.717) is 18.9 Å². The summed E-state index contributed by atoms with van der Waals surface area (Å²) in [5.74, 6) is -0.350. The Morgan fingerprint density at radius 3 is 2.48 bits per heavy atom. The molecule has 4 atom stereocenters. The minimum atomic E-state index is -0.904. The van der Waals surface area contributed by atoms with Gasteiger partial charge in [-0.2, -0.15) is 0 Å². The molecule has 0 amide bonds. The maximum atomic E-state index is 10.6. The standard InChI is InChI=1S/C26H31ClO4/c1-2-16-6-8-17(9-7-16)12-19-20-15-30-26(21(20)10-11-23(19)27)22(18-4-3-5-18)13-24(29)25(14-28)31-26/h6-11,18,22,24-25,28-29H,2-5,12-15H2,1H3. The van der Waals surface area contributed by atoms with Crippen molar-refractivity contribution in [2.45, 2.75) is 70.1 Å². The van der Waals surface area contributed by atoms with Gasteiger partial charge in [-0.1, -0.05) is 55.3 Å². The van der Waals surface area contributed by atoms with Crippen LogP contribution in [0.1, 0.15) is 60.4 Å². The molecule has 31 heavy (non-hydrogen) atoms. The number of aryl methyl sites for hydroxylation is 1. The summed E-state index contributed by atoms with van der Waals surface area (Å²) in [5.41, 5.74) is 5.76. The van der Waals surface area contributed by atoms with E-state index in [9.17, 15) is 10.2 Å². The number of fused-ring (bicyclic) bond motifs is 2. The lowest BCUT2D eigenvalue weighted by molar-refractivity contribution is -0.344. The summed E-state index contributed by atoms with van der Waals surface area (Å²) >= 11 is 6.68. The topological polar surface area (TPSA) is 58.9 Å². The minimum absolute atomic E-state index is 0.0816. The molecule has 1 saturated heterocycles. The molecule has 5 rings (SSSR count). The molecule has 2 heterocycles. The first kappa shape index (κ1) is 21.4. The van der Waals surface area contributed by atoms with Crippen LogP contribution in [0.15, 0.2) is 36.4 Å². The Morgan fingerprint density at radius 2 is 1.84 bits per heavy atom. The van der Waals surface area contributed by atoms with Crippen molar-refractivity contribution in [1.82, 2.24) is 0 Å². The van der Waals surface area contributed by atoms with Gasteiger partial charge in [-0.05, 0) is 66.3 Å². The molecule has 166 valence electrons. The maximum Gasteiger partial charge on any atom is 0.199 e. The Labute approximate surface area is 189 Å². The highest BCUT2D eigenvalue weighted by Crippen LogP contribution is 2.56. The molecule has 0 aromatic heterocycles. The van der Waals surface area contributed by atoms with E-state index in [-0.39, 0.29) is 12.5 Å². The number of aliphatic hydroxyl groups is 2. The third kappa shape index (κ3) is 3.63. The maximum absolute atomic E-state index is 10.6. The number of aliphatic hydroxyl groups excluding tert-OH is 2. The quantitative estimate of drug-likeness (QED) is 0.702. The predicted octanol–water partition coefficient (Wildman–Crippen LogP) is 4.73. The Balaban J connectivity index is 1.53. The lowest BCUT2D eigenvalue weighted by Crippen LogP contribution is -2.55. The van der Waals surface area contributed by atoms with E-state index in [1.165, 1.54) is 17.5 Å². The number of benzene rings is 2. The Hall–Kier alpha value is -1.43. The molecule has 2 aliphatic heterocycles. The van der Waals surface area contributed by atoms with Crippen molar-refractivity contribution in [2.75, 3.05) is 6.61 Å². The molecule has 1 spiro atoms. The number of ether oxygens (including phenoxy) is 2. The highest BCUT2D eigenvalue weighted by Gasteiger charge is 2.57. The number of hydrogen-bond acceptors (Lipinski definition) is 4. The van der Waals surface area contributed by atoms with Gasteiger partial charge in [0.05, 0.1) is 19.3 Å². The van der Waals surface area contributed by atoms with Crippen LogP contribution >= 0.6 is 11.6 Å². The second-order valence-electron chi connectivity index (χ2n) is 9.29. The van der Waals surface area contributed by atoms with Gasteiger partial charge < -0.3 is 19.7 Å². The summed E-state index contributed by atoms with van der Waals surface area (Å²) in [6.07, 6.45) is 4.53. The number of hydrogen-bond donors (Lipinski definition) is 2. The van der Waals surface area contributed by atoms with Crippen molar-refractivity contribution in [3.8, 4) is 0 Å². The van der Waals surface area contributed by atoms with Gasteiger partial charge in [-0.25, -0.2) is 0 Å². The van der Waals surface area contributed by atoms with Crippen LogP contribution in [0.25, 0.3) is 0 Å². The molecule has 2 fully saturated rings. The molecular formula is C26H31ClO4. The Kier molecular flexibility index (Phi) is 5.87. The SMILES string of the molecule is CCc1ccc(Cc2c(Cl)ccc3c2COC32OC(CO)C(O)CC2C2CCC2)cc1. The predicted molar refractivity (Wildman–Crippen MR) is 120 cm³/mol. The Morgan fingerprint density at radius 1 is 1.10 bits per heavy atom. The fourth-order valence-electron chi connectivity index (χ4n) is 5.57. The molecule has 1 aliphatic carbocycles. The van der Waals surface area contributed by atoms with Gasteiger partial charge in [0, 0.05) is 16.5 Å². The summed E-state index contributed by atoms with van der Waals surface area (Å²) in [6, 6.07) is 12.7. The van der Waals surface area contributed by atoms with Gasteiger partial charge >= 0.3 is 0 Å². The zero-order valence-electron chi connectivity index (χ0n) is 18.0. The molecule has 3 aliphatic rings. The van der Waals surface area contributed by atoms with Crippen LogP contribution in [0.5, 0.6) is 0 Å². The number of halogens is 1. The van der Waals surface area contributed by atoms with E-state index in [0.717, 1.165) is 47.4 Å². The molecule has 4 unspecified atom stereocenters. The molecule has 0 bridgehead atoms. The first-order valence-corrected chi connectivity index (χ1v) is 11.9. The summed E-state index contributed by atoms with van der Waals surface area (Å²) in [6.45, 7) is 2.38. The fourth-order valence-corrected chi connectivity index (χ4v) is 5.81. The van der Waals surface area contributed by atoms with Crippen LogP contribution in [-0.2, 0) is 34.7 Å². The van der Waals surface area contributed by atoms with Gasteiger partial charge in [-0.3, -0.25) is 0 Å². The van der Waals surface area contributed by atoms with Crippen molar-refractivity contribution in [3.63, 3.8) is 0 Å². The first-order chi connectivity index (χ1) is 15.1. The van der Waals surface area contributed by atoms with Crippen LogP contribution in [0, 0.1) is 11.8 Å². The van der Waals surface area contributed by atoms with E-state index >= 15 is 0 Å². The van der Waals surface area contributed by atoms with Gasteiger partial charge in [0.2, 0.25) is 0 Å². The third-order valence-electron chi connectivity index (χ3n) is 7.63. The van der Waals surface area contributed by atoms with E-state index < -0.39 is 18.0 Å². The zero-order chi connectivity index (χ0) is 21.6. The zero-order valence-corrected chi connectivity index (χ0v) is 18.8. The van der Waals surface area contributed by atoms with Gasteiger partial charge in [0.25, 0.3) is 0 Å². The molecule has 2 aromatic carbocycles. The highest BCUT2D eigenvalue weighted by atomic mass is 35.5. The summed E-state index contributed by atoms with van der Waals surface area (Å²) in [4.78, 5) is 0. The van der Waals surface area contributed by atoms with Crippen LogP contribution in [0.4, 0.5) is 0 Å². The van der Waals surface area contributed by atoms with Crippen molar-refractivity contribution < 1.29 is 19.7 Å². The molecule has 1 saturated carbocycles. The van der Waals surface area contributed by atoms with E-state index in [4.69, 9.17) is 21.1 Å². The Bertz CT molecular complexity index is 939. The van der Waals surface area contributed by atoms with E-state index in [2.05, 4.69) is 31.2 Å². The van der Waals surface area contributed by atoms with Gasteiger partial charge in [0.15, 0.2) is 5.79 Å². The molecule has 2 aromatic rings. The smallest absolute Gasteiger partial charge is 0.199 e. The van der Waals surface area contributed by atoms with Crippen LogP contribution in [-0.4, -0.2) is 29.0 Å². The van der Waals surface area contributed by atoms with Crippen LogP contribution in [0.3, 0.4) is 0 Å². The summed E-state index contributed by atoms with van der Waals surface area (Å²) in [7, 11) is 0. The molecule has 0 radical (unpaired) electrons. The lowest BCUT2D eigenvalue weighted by atomic mass is 9.67. The normalized spacial score (nSPS) is 30.4. The second-order valence-corrected chi connectivity index (χ2v) is 9.70. The third-order valence-corrected chi connectivity index (χ3v) is 7.98. The summed E-state index contributed by atoms with van der Waals surface area (Å²) in [5, 5.41) is 21.1. The average Bonchev–Trinajstić information content (AvgIpc) is 3.11. The van der Waals surface area contributed by atoms with Crippen molar-refractivity contribution in [2.24, 2.45) is 11.8 Å². The minimum Gasteiger partial charge on any atom is -0.394 e. The fraction of sp³-hybridized carbons (Fsp3) is 0.538. The molecule has 4 nitrogen and oxygen atoms in total. The van der Waals surface area contributed by atoms with E-state index in [1.807, 2.05) is 12.1 Å². The highest BCUT2D eigenvalue weighted by molar-refractivity contribution is 6.31. The average molecular weight is 443 g/mol. The van der Waals surface area contributed by atoms with Gasteiger partial charge in [-0.15, -0.1) is 0 Å². The molecule has 5 heteroatoms. The summed E-state index contributed by atoms with van der Waals surface area (Å²) < 4.78 is 12.9. The van der Waals surface area contributed by atoms with Gasteiger partial charge in [0.1, 0.15) is 6.10 Å². The van der Waals surface area contributed by atoms with Crippen LogP contribution in [0.2, 0.25) is 5.02 Å². The van der Waals surface area contributed by atoms with Crippen molar-refractivity contribution in [3.05, 3.63) is 69.2 Å². The monoisotopic (exact) mass is 442 g/mol. The molecule has 2 N–H and O–H groups in total. The molecular weight excluding hydrogens is 412 g/mol. The van der Waals surface area contributed by atoms with Crippen molar-refractivity contribution >= 4 is 11.6 Å².